The van der Waals surface area contributed by atoms with E-state index in [1.807, 2.05) is 67.0 Å². The Morgan fingerprint density at radius 3 is 0.956 bits per heavy atom. The van der Waals surface area contributed by atoms with Gasteiger partial charge in [0, 0.05) is 36.3 Å². The maximum absolute atomic E-state index is 13.2. The van der Waals surface area contributed by atoms with Crippen molar-refractivity contribution in [3.63, 3.8) is 0 Å². The van der Waals surface area contributed by atoms with Gasteiger partial charge in [-0.25, -0.2) is 14.0 Å². The van der Waals surface area contributed by atoms with E-state index in [-0.39, 0.29) is 32.1 Å². The fourth-order valence-corrected chi connectivity index (χ4v) is 14.0. The van der Waals surface area contributed by atoms with Crippen molar-refractivity contribution in [3.8, 4) is 0 Å². The molecule has 0 spiro atoms. The molecule has 0 radical (unpaired) electrons. The second-order valence-electron chi connectivity index (χ2n) is 18.5. The summed E-state index contributed by atoms with van der Waals surface area (Å²) in [7, 11) is -8.09. The largest absolute Gasteiger partial charge is 0.317 e. The molecule has 3 unspecified atom stereocenters. The third-order valence-corrected chi connectivity index (χ3v) is 19.2. The molecule has 3 fully saturated rings. The van der Waals surface area contributed by atoms with Crippen molar-refractivity contribution in [3.05, 3.63) is 0 Å². The summed E-state index contributed by atoms with van der Waals surface area (Å²) in [5.41, 5.74) is -0.282. The quantitative estimate of drug-likeness (QED) is 0.229. The van der Waals surface area contributed by atoms with Crippen molar-refractivity contribution < 1.29 is 27.3 Å². The summed E-state index contributed by atoms with van der Waals surface area (Å²) in [6.45, 7) is 41.2. The molecule has 9 nitrogen and oxygen atoms in total. The van der Waals surface area contributed by atoms with Gasteiger partial charge in [0.05, 0.1) is 35.3 Å². The second-order valence-corrected chi connectivity index (χ2v) is 27.9. The molecule has 0 aliphatic carbocycles. The van der Waals surface area contributed by atoms with Gasteiger partial charge < -0.3 is 13.6 Å². The summed E-state index contributed by atoms with van der Waals surface area (Å²) in [5.74, 6) is 0. The summed E-state index contributed by atoms with van der Waals surface area (Å²) < 4.78 is 61.9. The summed E-state index contributed by atoms with van der Waals surface area (Å²) in [6.07, 6.45) is 3.04. The van der Waals surface area contributed by atoms with E-state index in [4.69, 9.17) is 13.6 Å². The van der Waals surface area contributed by atoms with Gasteiger partial charge in [0.25, 0.3) is 22.6 Å². The molecule has 3 atom stereocenters. The molecular weight excluding hydrogens is 627 g/mol. The molecule has 45 heavy (non-hydrogen) atoms. The Labute approximate surface area is 278 Å². The normalized spacial score (nSPS) is 30.5. The van der Waals surface area contributed by atoms with Crippen LogP contribution in [0.5, 0.6) is 0 Å². The molecule has 3 aliphatic heterocycles. The van der Waals surface area contributed by atoms with Crippen LogP contribution in [-0.4, -0.2) is 85.6 Å². The van der Waals surface area contributed by atoms with Crippen molar-refractivity contribution in [1.29, 1.82) is 0 Å². The van der Waals surface area contributed by atoms with Gasteiger partial charge in [0.15, 0.2) is 0 Å². The highest BCUT2D eigenvalue weighted by molar-refractivity contribution is 7.59. The van der Waals surface area contributed by atoms with Gasteiger partial charge in [0.2, 0.25) is 0 Å². The third-order valence-electron chi connectivity index (χ3n) is 8.20. The van der Waals surface area contributed by atoms with Gasteiger partial charge in [-0.05, 0) is 144 Å². The summed E-state index contributed by atoms with van der Waals surface area (Å²) in [6, 6.07) is 0. The van der Waals surface area contributed by atoms with Crippen LogP contribution in [0.15, 0.2) is 0 Å². The maximum atomic E-state index is 13.2. The van der Waals surface area contributed by atoms with Crippen LogP contribution in [0.4, 0.5) is 0 Å². The van der Waals surface area contributed by atoms with Crippen LogP contribution < -0.4 is 0 Å². The lowest BCUT2D eigenvalue weighted by Gasteiger charge is -2.48. The zero-order chi connectivity index (χ0) is 35.7. The standard InChI is InChI=1S/C12H26NO2P.C11H24NO2P.C10H22NO2P/c1-11(2,3)13-9-7-8-10-15-16(13,14)12(4,5)6;1-10(2,3)12-8-7-9-14-15(12,13)11(4,5)6;1-9(2,3)11-7-8-13-14(11,12)10(4,5)6/h7-10H2,1-6H3;7-9H2,1-6H3;7-8H2,1-6H3. The molecule has 3 aliphatic rings. The maximum Gasteiger partial charge on any atom is 0.278 e. The number of nitrogens with zero attached hydrogens (tertiary/aromatic N) is 3. The van der Waals surface area contributed by atoms with E-state index in [1.54, 1.807) is 0 Å². The predicted molar refractivity (Wildman–Crippen MR) is 193 cm³/mol. The summed E-state index contributed by atoms with van der Waals surface area (Å²) in [4.78, 5) is 0. The molecule has 3 heterocycles. The Bertz CT molecular complexity index is 1100. The monoisotopic (exact) mass is 699 g/mol. The van der Waals surface area contributed by atoms with Crippen molar-refractivity contribution in [2.45, 2.75) is 176 Å². The van der Waals surface area contributed by atoms with Crippen molar-refractivity contribution >= 4 is 22.6 Å². The zero-order valence-electron chi connectivity index (χ0n) is 32.5. The highest BCUT2D eigenvalue weighted by Crippen LogP contribution is 2.67. The van der Waals surface area contributed by atoms with Gasteiger partial charge in [-0.2, -0.15) is 0 Å². The van der Waals surface area contributed by atoms with Gasteiger partial charge >= 0.3 is 0 Å². The molecule has 0 amide bonds. The van der Waals surface area contributed by atoms with Crippen molar-refractivity contribution in [2.24, 2.45) is 0 Å². The number of hydrogen-bond acceptors (Lipinski definition) is 6. The fraction of sp³-hybridized carbons (Fsp3) is 1.00. The van der Waals surface area contributed by atoms with Gasteiger partial charge in [-0.3, -0.25) is 13.7 Å². The Hall–Kier alpha value is 0.450. The molecule has 3 rings (SSSR count). The smallest absolute Gasteiger partial charge is 0.278 e. The Morgan fingerprint density at radius 1 is 0.378 bits per heavy atom. The first-order chi connectivity index (χ1) is 19.8. The molecule has 270 valence electrons. The minimum absolute atomic E-state index is 0.0840. The molecule has 12 heteroatoms. The first kappa shape index (κ1) is 43.5. The predicted octanol–water partition coefficient (Wildman–Crippen LogP) is 10.5. The Kier molecular flexibility index (Phi) is 14.2. The van der Waals surface area contributed by atoms with E-state index >= 15 is 0 Å². The van der Waals surface area contributed by atoms with Gasteiger partial charge in [-0.1, -0.05) is 0 Å². The van der Waals surface area contributed by atoms with E-state index in [0.29, 0.717) is 19.8 Å². The Balaban J connectivity index is 0.000000338. The molecule has 0 aromatic carbocycles. The van der Waals surface area contributed by atoms with Crippen LogP contribution in [0.1, 0.15) is 144 Å². The lowest BCUT2D eigenvalue weighted by Crippen LogP contribution is -2.46. The van der Waals surface area contributed by atoms with Crippen LogP contribution >= 0.6 is 22.6 Å². The van der Waals surface area contributed by atoms with E-state index in [2.05, 4.69) is 71.7 Å². The van der Waals surface area contributed by atoms with E-state index < -0.39 is 22.6 Å². The van der Waals surface area contributed by atoms with Crippen molar-refractivity contribution in [1.82, 2.24) is 14.0 Å². The molecule has 0 bridgehead atoms. The summed E-state index contributed by atoms with van der Waals surface area (Å²) >= 11 is 0. The fourth-order valence-electron chi connectivity index (χ4n) is 5.67. The lowest BCUT2D eigenvalue weighted by molar-refractivity contribution is 0.135. The minimum Gasteiger partial charge on any atom is -0.317 e. The Morgan fingerprint density at radius 2 is 0.644 bits per heavy atom. The van der Waals surface area contributed by atoms with E-state index in [9.17, 15) is 13.7 Å². The van der Waals surface area contributed by atoms with Crippen LogP contribution in [-0.2, 0) is 27.3 Å². The average Bonchev–Trinajstić information content (AvgIpc) is 3.11. The lowest BCUT2D eigenvalue weighted by atomic mass is 10.1. The molecule has 3 saturated heterocycles. The average molecular weight is 700 g/mol. The van der Waals surface area contributed by atoms with Crippen LogP contribution in [0.3, 0.4) is 0 Å². The minimum atomic E-state index is -2.74. The molecule has 0 saturated carbocycles. The molecule has 0 aromatic heterocycles. The van der Waals surface area contributed by atoms with Gasteiger partial charge in [0.1, 0.15) is 0 Å². The highest BCUT2D eigenvalue weighted by atomic mass is 31.2. The summed E-state index contributed by atoms with van der Waals surface area (Å²) in [5, 5.41) is -0.915. The molecular formula is C33H72N3O6P3. The first-order valence-electron chi connectivity index (χ1n) is 16.9. The topological polar surface area (TPSA) is 88.6 Å². The highest BCUT2D eigenvalue weighted by Gasteiger charge is 2.52. The SMILES string of the molecule is CC(C)(C)N1CCCCOP1(=O)C(C)(C)C.CC(C)(C)N1CCCOP1(=O)C(C)(C)C.CC(C)(C)N1CCOP1(=O)C(C)(C)C. The van der Waals surface area contributed by atoms with Crippen molar-refractivity contribution in [2.75, 3.05) is 39.5 Å². The van der Waals surface area contributed by atoms with Crippen LogP contribution in [0.25, 0.3) is 0 Å². The first-order valence-corrected chi connectivity index (χ1v) is 21.6. The number of rotatable bonds is 0. The molecule has 0 N–H and O–H groups in total. The van der Waals surface area contributed by atoms with Gasteiger partial charge in [-0.15, -0.1) is 0 Å². The molecule has 0 aromatic rings. The van der Waals surface area contributed by atoms with E-state index in [1.165, 1.54) is 0 Å². The second kappa shape index (κ2) is 14.7. The number of hydrogen-bond donors (Lipinski definition) is 0. The van der Waals surface area contributed by atoms with Crippen LogP contribution in [0.2, 0.25) is 0 Å². The van der Waals surface area contributed by atoms with Crippen LogP contribution in [0, 0.1) is 0 Å². The zero-order valence-corrected chi connectivity index (χ0v) is 35.2. The van der Waals surface area contributed by atoms with E-state index in [0.717, 1.165) is 38.9 Å². The third kappa shape index (κ3) is 10.5.